The molecule has 1 unspecified atom stereocenters. The van der Waals surface area contributed by atoms with Gasteiger partial charge in [-0.15, -0.1) is 0 Å². The number of aryl methyl sites for hydroxylation is 1. The number of aromatic nitrogens is 1. The highest BCUT2D eigenvalue weighted by molar-refractivity contribution is 7.91. The molecule has 6 heteroatoms. The SMILES string of the molecule is Cc1ccncc1NC1CCS(=O)(=O)c2ccc(F)cc21. The van der Waals surface area contributed by atoms with Crippen molar-refractivity contribution in [2.45, 2.75) is 24.3 Å². The molecule has 1 aliphatic heterocycles. The molecule has 0 spiro atoms. The van der Waals surface area contributed by atoms with Gasteiger partial charge < -0.3 is 5.32 Å². The van der Waals surface area contributed by atoms with Crippen molar-refractivity contribution in [3.8, 4) is 0 Å². The van der Waals surface area contributed by atoms with Crippen LogP contribution in [-0.2, 0) is 9.84 Å². The van der Waals surface area contributed by atoms with Gasteiger partial charge in [-0.1, -0.05) is 0 Å². The number of sulfone groups is 1. The van der Waals surface area contributed by atoms with E-state index in [0.29, 0.717) is 12.0 Å². The number of anilines is 1. The van der Waals surface area contributed by atoms with Crippen molar-refractivity contribution in [1.82, 2.24) is 4.98 Å². The molecule has 0 radical (unpaired) electrons. The van der Waals surface area contributed by atoms with Crippen molar-refractivity contribution < 1.29 is 12.8 Å². The van der Waals surface area contributed by atoms with Crippen LogP contribution in [0.5, 0.6) is 0 Å². The Morgan fingerprint density at radius 2 is 2.14 bits per heavy atom. The highest BCUT2D eigenvalue weighted by Crippen LogP contribution is 2.35. The first-order chi connectivity index (χ1) is 9.97. The average Bonchev–Trinajstić information content (AvgIpc) is 2.44. The van der Waals surface area contributed by atoms with E-state index in [9.17, 15) is 12.8 Å². The van der Waals surface area contributed by atoms with Crippen LogP contribution in [0.4, 0.5) is 10.1 Å². The number of rotatable bonds is 2. The Bertz CT molecular complexity index is 790. The maximum Gasteiger partial charge on any atom is 0.178 e. The third-order valence-electron chi connectivity index (χ3n) is 3.73. The highest BCUT2D eigenvalue weighted by atomic mass is 32.2. The lowest BCUT2D eigenvalue weighted by Crippen LogP contribution is -2.25. The Morgan fingerprint density at radius 1 is 1.33 bits per heavy atom. The van der Waals surface area contributed by atoms with Crippen molar-refractivity contribution in [3.05, 3.63) is 53.6 Å². The summed E-state index contributed by atoms with van der Waals surface area (Å²) in [4.78, 5) is 4.28. The predicted octanol–water partition coefficient (Wildman–Crippen LogP) is 2.86. The summed E-state index contributed by atoms with van der Waals surface area (Å²) < 4.78 is 37.7. The van der Waals surface area contributed by atoms with Crippen molar-refractivity contribution in [3.63, 3.8) is 0 Å². The van der Waals surface area contributed by atoms with E-state index >= 15 is 0 Å². The van der Waals surface area contributed by atoms with E-state index in [4.69, 9.17) is 0 Å². The fraction of sp³-hybridized carbons (Fsp3) is 0.267. The predicted molar refractivity (Wildman–Crippen MR) is 78.4 cm³/mol. The van der Waals surface area contributed by atoms with Gasteiger partial charge >= 0.3 is 0 Å². The van der Waals surface area contributed by atoms with Crippen molar-refractivity contribution in [2.24, 2.45) is 0 Å². The molecule has 3 rings (SSSR count). The maximum absolute atomic E-state index is 13.5. The topological polar surface area (TPSA) is 59.1 Å². The minimum Gasteiger partial charge on any atom is -0.377 e. The summed E-state index contributed by atoms with van der Waals surface area (Å²) in [6, 6.07) is 5.48. The smallest absolute Gasteiger partial charge is 0.178 e. The van der Waals surface area contributed by atoms with Gasteiger partial charge in [-0.05, 0) is 48.7 Å². The lowest BCUT2D eigenvalue weighted by Gasteiger charge is -2.27. The molecule has 0 bridgehead atoms. The number of nitrogens with one attached hydrogen (secondary N) is 1. The molecule has 1 atom stereocenters. The van der Waals surface area contributed by atoms with Crippen LogP contribution in [0.1, 0.15) is 23.6 Å². The van der Waals surface area contributed by atoms with Crippen LogP contribution in [0.25, 0.3) is 0 Å². The zero-order valence-corrected chi connectivity index (χ0v) is 12.3. The summed E-state index contributed by atoms with van der Waals surface area (Å²) in [5, 5.41) is 3.28. The average molecular weight is 306 g/mol. The Kier molecular flexibility index (Phi) is 3.41. The normalized spacial score (nSPS) is 19.8. The second-order valence-corrected chi connectivity index (χ2v) is 7.25. The maximum atomic E-state index is 13.5. The van der Waals surface area contributed by atoms with Crippen molar-refractivity contribution >= 4 is 15.5 Å². The monoisotopic (exact) mass is 306 g/mol. The molecule has 0 saturated heterocycles. The summed E-state index contributed by atoms with van der Waals surface area (Å²) >= 11 is 0. The van der Waals surface area contributed by atoms with Crippen molar-refractivity contribution in [1.29, 1.82) is 0 Å². The number of fused-ring (bicyclic) bond motifs is 1. The number of halogens is 1. The van der Waals surface area contributed by atoms with Gasteiger partial charge in [-0.25, -0.2) is 12.8 Å². The summed E-state index contributed by atoms with van der Waals surface area (Å²) in [6.07, 6.45) is 3.80. The van der Waals surface area contributed by atoms with Crippen LogP contribution in [0.15, 0.2) is 41.6 Å². The van der Waals surface area contributed by atoms with Gasteiger partial charge in [0.25, 0.3) is 0 Å². The molecule has 0 fully saturated rings. The van der Waals surface area contributed by atoms with E-state index in [1.54, 1.807) is 12.4 Å². The summed E-state index contributed by atoms with van der Waals surface area (Å²) in [5.74, 6) is -0.372. The largest absolute Gasteiger partial charge is 0.377 e. The van der Waals surface area contributed by atoms with Gasteiger partial charge in [-0.2, -0.15) is 0 Å². The van der Waals surface area contributed by atoms with Gasteiger partial charge in [0.2, 0.25) is 0 Å². The van der Waals surface area contributed by atoms with E-state index in [-0.39, 0.29) is 16.7 Å². The highest BCUT2D eigenvalue weighted by Gasteiger charge is 2.30. The molecule has 110 valence electrons. The molecule has 2 aromatic rings. The van der Waals surface area contributed by atoms with Crippen LogP contribution in [0.3, 0.4) is 0 Å². The molecular weight excluding hydrogens is 291 g/mol. The van der Waals surface area contributed by atoms with Gasteiger partial charge in [0.15, 0.2) is 9.84 Å². The number of hydrogen-bond acceptors (Lipinski definition) is 4. The molecule has 0 amide bonds. The van der Waals surface area contributed by atoms with E-state index < -0.39 is 15.7 Å². The van der Waals surface area contributed by atoms with E-state index in [2.05, 4.69) is 10.3 Å². The Labute approximate surface area is 123 Å². The van der Waals surface area contributed by atoms with Crippen LogP contribution < -0.4 is 5.32 Å². The summed E-state index contributed by atoms with van der Waals surface area (Å²) in [6.45, 7) is 1.94. The first-order valence-corrected chi connectivity index (χ1v) is 8.32. The number of benzene rings is 1. The first-order valence-electron chi connectivity index (χ1n) is 6.67. The minimum atomic E-state index is -3.32. The van der Waals surface area contributed by atoms with Crippen LogP contribution in [0.2, 0.25) is 0 Å². The van der Waals surface area contributed by atoms with E-state index in [0.717, 1.165) is 11.3 Å². The molecule has 1 aromatic heterocycles. The Hall–Kier alpha value is -1.95. The molecule has 1 aliphatic rings. The molecular formula is C15H15FN2O2S. The zero-order valence-electron chi connectivity index (χ0n) is 11.5. The number of hydrogen-bond donors (Lipinski definition) is 1. The molecule has 4 nitrogen and oxygen atoms in total. The summed E-state index contributed by atoms with van der Waals surface area (Å²) in [5.41, 5.74) is 2.33. The Balaban J connectivity index is 2.03. The van der Waals surface area contributed by atoms with Gasteiger partial charge in [-0.3, -0.25) is 4.98 Å². The standard InChI is InChI=1S/C15H15FN2O2S/c1-10-4-6-17-9-14(10)18-13-5-7-21(19,20)15-3-2-11(16)8-12(13)15/h2-4,6,8-9,13,18H,5,7H2,1H3. The number of pyridine rings is 1. The molecule has 1 aromatic carbocycles. The molecule has 1 N–H and O–H groups in total. The molecule has 0 aliphatic carbocycles. The lowest BCUT2D eigenvalue weighted by molar-refractivity contribution is 0.570. The quantitative estimate of drug-likeness (QED) is 0.867. The molecule has 21 heavy (non-hydrogen) atoms. The van der Waals surface area contributed by atoms with Crippen LogP contribution in [-0.4, -0.2) is 19.2 Å². The van der Waals surface area contributed by atoms with E-state index in [1.165, 1.54) is 18.2 Å². The van der Waals surface area contributed by atoms with Crippen molar-refractivity contribution in [2.75, 3.05) is 11.1 Å². The fourth-order valence-corrected chi connectivity index (χ4v) is 4.17. The van der Waals surface area contributed by atoms with E-state index in [1.807, 2.05) is 13.0 Å². The fourth-order valence-electron chi connectivity index (χ4n) is 2.57. The second kappa shape index (κ2) is 5.11. The third kappa shape index (κ3) is 2.63. The number of nitrogens with zero attached hydrogens (tertiary/aromatic N) is 1. The van der Waals surface area contributed by atoms with Crippen LogP contribution in [0, 0.1) is 12.7 Å². The zero-order chi connectivity index (χ0) is 15.0. The molecule has 0 saturated carbocycles. The minimum absolute atomic E-state index is 0.0581. The van der Waals surface area contributed by atoms with Crippen LogP contribution >= 0.6 is 0 Å². The second-order valence-electron chi connectivity index (χ2n) is 5.18. The Morgan fingerprint density at radius 3 is 2.90 bits per heavy atom. The van der Waals surface area contributed by atoms with Gasteiger partial charge in [0.1, 0.15) is 5.82 Å². The first kappa shape index (κ1) is 14.0. The van der Waals surface area contributed by atoms with Gasteiger partial charge in [0.05, 0.1) is 28.6 Å². The van der Waals surface area contributed by atoms with Gasteiger partial charge in [0, 0.05) is 6.20 Å². The third-order valence-corrected chi connectivity index (χ3v) is 5.54. The lowest BCUT2D eigenvalue weighted by atomic mass is 10.0. The molecule has 2 heterocycles. The summed E-state index contributed by atoms with van der Waals surface area (Å²) in [7, 11) is -3.32.